The Morgan fingerprint density at radius 2 is 2.00 bits per heavy atom. The lowest BCUT2D eigenvalue weighted by Crippen LogP contribution is -2.53. The predicted octanol–water partition coefficient (Wildman–Crippen LogP) is 0.838. The maximum Gasteiger partial charge on any atom is 0.501 e. The predicted molar refractivity (Wildman–Crippen MR) is 129 cm³/mol. The van der Waals surface area contributed by atoms with E-state index in [1.165, 1.54) is 10.7 Å². The molecule has 1 N–H and O–H groups in total. The minimum Gasteiger partial charge on any atom is -0.346 e. The Kier molecular flexibility index (Phi) is 5.92. The van der Waals surface area contributed by atoms with E-state index in [0.29, 0.717) is 23.6 Å². The van der Waals surface area contributed by atoms with Crippen LogP contribution >= 0.6 is 11.8 Å². The fraction of sp³-hybridized carbons (Fsp3) is 0.591. The van der Waals surface area contributed by atoms with E-state index in [9.17, 15) is 22.8 Å². The van der Waals surface area contributed by atoms with Crippen molar-refractivity contribution in [2.75, 3.05) is 20.1 Å². The molecule has 0 aromatic carbocycles. The van der Waals surface area contributed by atoms with Gasteiger partial charge >= 0.3 is 11.9 Å². The summed E-state index contributed by atoms with van der Waals surface area (Å²) in [5.41, 5.74) is 0.233. The summed E-state index contributed by atoms with van der Waals surface area (Å²) in [6, 6.07) is -0.502. The topological polar surface area (TPSA) is 125 Å². The number of amides is 4. The Labute approximate surface area is 208 Å². The first-order valence-electron chi connectivity index (χ1n) is 11.6. The molecule has 2 atom stereocenters. The van der Waals surface area contributed by atoms with Crippen LogP contribution in [-0.2, 0) is 33.2 Å². The van der Waals surface area contributed by atoms with Gasteiger partial charge in [-0.3, -0.25) is 9.48 Å². The van der Waals surface area contributed by atoms with E-state index >= 15 is 0 Å². The van der Waals surface area contributed by atoms with Gasteiger partial charge in [-0.1, -0.05) is 0 Å². The van der Waals surface area contributed by atoms with E-state index < -0.39 is 33.4 Å². The number of rotatable bonds is 7. The summed E-state index contributed by atoms with van der Waals surface area (Å²) < 4.78 is 32.0. The van der Waals surface area contributed by atoms with Crippen LogP contribution in [0, 0.1) is 11.8 Å². The average molecular weight is 522 g/mol. The molecule has 1 aromatic heterocycles. The molecule has 2 unspecified atom stereocenters. The van der Waals surface area contributed by atoms with Gasteiger partial charge in [0.25, 0.3) is 0 Å². The molecule has 35 heavy (non-hydrogen) atoms. The largest absolute Gasteiger partial charge is 0.501 e. The second-order valence-electron chi connectivity index (χ2n) is 10.1. The first-order valence-corrected chi connectivity index (χ1v) is 13.9. The molecule has 2 fully saturated rings. The van der Waals surface area contributed by atoms with Gasteiger partial charge in [0.15, 0.2) is 5.04 Å². The quantitative estimate of drug-likeness (QED) is 0.527. The summed E-state index contributed by atoms with van der Waals surface area (Å²) in [4.78, 5) is 42.1. The van der Waals surface area contributed by atoms with Crippen LogP contribution in [0.5, 0.6) is 0 Å². The number of thioether (sulfide) groups is 1. The molecule has 3 aliphatic heterocycles. The Morgan fingerprint density at radius 3 is 2.63 bits per heavy atom. The minimum absolute atomic E-state index is 0.0119. The number of carbonyl (C=O) groups excluding carboxylic acids is 3. The van der Waals surface area contributed by atoms with E-state index in [0.717, 1.165) is 35.9 Å². The zero-order valence-electron chi connectivity index (χ0n) is 19.9. The van der Waals surface area contributed by atoms with Crippen molar-refractivity contribution in [1.29, 1.82) is 0 Å². The Morgan fingerprint density at radius 1 is 1.26 bits per heavy atom. The normalized spacial score (nSPS) is 26.4. The number of nitrogens with zero attached hydrogens (tertiary/aromatic N) is 5. The summed E-state index contributed by atoms with van der Waals surface area (Å²) in [5.74, 6) is -1.39. The highest BCUT2D eigenvalue weighted by Crippen LogP contribution is 2.42. The number of likely N-dealkylation sites (tertiary alicyclic amines) is 1. The minimum atomic E-state index is -3.83. The molecule has 1 aromatic rings. The lowest BCUT2D eigenvalue weighted by atomic mass is 9.96. The second kappa shape index (κ2) is 8.56. The Hall–Kier alpha value is -2.51. The number of nitrogens with one attached hydrogen (secondary N) is 1. The molecule has 4 amide bonds. The third-order valence-corrected chi connectivity index (χ3v) is 10.3. The number of hydrogen-bond acceptors (Lipinski definition) is 7. The molecule has 188 valence electrons. The van der Waals surface area contributed by atoms with Crippen LogP contribution in [0.1, 0.15) is 38.2 Å². The van der Waals surface area contributed by atoms with E-state index in [2.05, 4.69) is 9.82 Å². The molecule has 0 bridgehead atoms. The van der Waals surface area contributed by atoms with Gasteiger partial charge in [0.2, 0.25) is 15.9 Å². The van der Waals surface area contributed by atoms with Gasteiger partial charge in [-0.05, 0) is 44.0 Å². The SMILES string of the molecule is CN1CCC(C[N+]2=C3SC(S(=O)(=O)NC4(C)CC4)=CC3C(=O)N(Cc3cnn(C)c3)C2=O)CC1=O. The average Bonchev–Trinajstić information content (AvgIpc) is 3.16. The van der Waals surface area contributed by atoms with Gasteiger partial charge in [0, 0.05) is 50.3 Å². The number of urea groups is 1. The highest BCUT2D eigenvalue weighted by Gasteiger charge is 2.53. The van der Waals surface area contributed by atoms with Crippen molar-refractivity contribution in [3.05, 3.63) is 28.3 Å². The molecule has 5 rings (SSSR count). The van der Waals surface area contributed by atoms with Gasteiger partial charge in [0.1, 0.15) is 16.7 Å². The maximum atomic E-state index is 13.6. The van der Waals surface area contributed by atoms with Crippen LogP contribution in [0.25, 0.3) is 0 Å². The molecular formula is C22H29N6O5S2+. The van der Waals surface area contributed by atoms with Gasteiger partial charge in [-0.25, -0.2) is 17.9 Å². The number of piperidine rings is 1. The van der Waals surface area contributed by atoms with Crippen molar-refractivity contribution in [3.8, 4) is 0 Å². The van der Waals surface area contributed by atoms with Gasteiger partial charge in [0.05, 0.1) is 12.7 Å². The molecule has 0 radical (unpaired) electrons. The summed E-state index contributed by atoms with van der Waals surface area (Å²) in [7, 11) is -0.325. The van der Waals surface area contributed by atoms with Crippen LogP contribution in [0.3, 0.4) is 0 Å². The zero-order chi connectivity index (χ0) is 25.1. The highest BCUT2D eigenvalue weighted by atomic mass is 32.3. The summed E-state index contributed by atoms with van der Waals surface area (Å²) >= 11 is 0.961. The van der Waals surface area contributed by atoms with Gasteiger partial charge < -0.3 is 4.90 Å². The molecule has 0 spiro atoms. The van der Waals surface area contributed by atoms with Crippen molar-refractivity contribution >= 4 is 44.7 Å². The number of aromatic nitrogens is 2. The molecule has 1 aliphatic carbocycles. The van der Waals surface area contributed by atoms with Crippen LogP contribution in [0.2, 0.25) is 0 Å². The van der Waals surface area contributed by atoms with Crippen molar-refractivity contribution in [2.45, 2.75) is 44.7 Å². The van der Waals surface area contributed by atoms with Gasteiger partial charge in [-0.2, -0.15) is 19.4 Å². The van der Waals surface area contributed by atoms with E-state index in [1.54, 1.807) is 36.1 Å². The first-order chi connectivity index (χ1) is 16.5. The lowest BCUT2D eigenvalue weighted by Gasteiger charge is -2.30. The van der Waals surface area contributed by atoms with Crippen LogP contribution in [-0.4, -0.2) is 81.1 Å². The second-order valence-corrected chi connectivity index (χ2v) is 13.1. The molecule has 1 saturated heterocycles. The Balaban J connectivity index is 1.48. The first kappa shape index (κ1) is 24.2. The third kappa shape index (κ3) is 4.68. The standard InChI is InChI=1S/C22H29N6O5S2/c1-22(5-6-22)24-35(32,33)18-9-16-19(30)27(13-15-10-23-26(3)11-15)21(31)28(20(16)34-18)12-14-4-7-25(2)17(29)8-14/h9-11,14,16,24H,4-8,12-13H2,1-3H3/q+1. The van der Waals surface area contributed by atoms with E-state index in [-0.39, 0.29) is 29.2 Å². The van der Waals surface area contributed by atoms with E-state index in [1.807, 2.05) is 6.92 Å². The number of imide groups is 1. The van der Waals surface area contributed by atoms with Crippen LogP contribution in [0.15, 0.2) is 22.7 Å². The highest BCUT2D eigenvalue weighted by molar-refractivity contribution is 8.27. The fourth-order valence-electron chi connectivity index (χ4n) is 4.59. The molecule has 11 nitrogen and oxygen atoms in total. The van der Waals surface area contributed by atoms with Crippen molar-refractivity contribution in [3.63, 3.8) is 0 Å². The molecule has 4 aliphatic rings. The molecule has 13 heteroatoms. The fourth-order valence-corrected chi connectivity index (χ4v) is 7.65. The number of aryl methyl sites for hydroxylation is 1. The molecule has 1 saturated carbocycles. The zero-order valence-corrected chi connectivity index (χ0v) is 21.6. The third-order valence-electron chi connectivity index (χ3n) is 6.98. The Bertz CT molecular complexity index is 1280. The van der Waals surface area contributed by atoms with Crippen molar-refractivity contribution in [1.82, 2.24) is 24.3 Å². The lowest BCUT2D eigenvalue weighted by molar-refractivity contribution is -0.447. The maximum absolute atomic E-state index is 13.6. The number of hydrogen-bond donors (Lipinski definition) is 1. The van der Waals surface area contributed by atoms with Crippen molar-refractivity contribution < 1.29 is 27.4 Å². The smallest absolute Gasteiger partial charge is 0.346 e. The monoisotopic (exact) mass is 521 g/mol. The number of fused-ring (bicyclic) bond motifs is 1. The van der Waals surface area contributed by atoms with E-state index in [4.69, 9.17) is 0 Å². The van der Waals surface area contributed by atoms with Crippen molar-refractivity contribution in [2.24, 2.45) is 18.9 Å². The number of carbonyl (C=O) groups is 3. The van der Waals surface area contributed by atoms with Crippen LogP contribution in [0.4, 0.5) is 4.79 Å². The molecule has 4 heterocycles. The summed E-state index contributed by atoms with van der Waals surface area (Å²) in [6.07, 6.45) is 7.32. The van der Waals surface area contributed by atoms with Crippen LogP contribution < -0.4 is 4.72 Å². The summed E-state index contributed by atoms with van der Waals surface area (Å²) in [6.45, 7) is 2.73. The molecular weight excluding hydrogens is 492 g/mol. The summed E-state index contributed by atoms with van der Waals surface area (Å²) in [5, 5.41) is 4.51. The number of sulfonamides is 1. The van der Waals surface area contributed by atoms with Gasteiger partial charge in [-0.15, -0.1) is 0 Å².